The van der Waals surface area contributed by atoms with Crippen molar-refractivity contribution < 1.29 is 9.90 Å². The highest BCUT2D eigenvalue weighted by Gasteiger charge is 2.11. The van der Waals surface area contributed by atoms with Crippen molar-refractivity contribution in [1.29, 1.82) is 0 Å². The number of carboxylic acids is 1. The molecule has 1 heterocycles. The second-order valence-corrected chi connectivity index (χ2v) is 4.15. The first-order valence-corrected chi connectivity index (χ1v) is 5.49. The smallest absolute Gasteiger partial charge is 0.337 e. The summed E-state index contributed by atoms with van der Waals surface area (Å²) < 4.78 is 0. The SMILES string of the molecule is O=C(O)c1cnc(-c2ccccc2Cl)c(Cl)c1. The van der Waals surface area contributed by atoms with Crippen LogP contribution in [0.1, 0.15) is 10.4 Å². The molecule has 0 saturated heterocycles. The fourth-order valence-electron chi connectivity index (χ4n) is 1.41. The number of benzene rings is 1. The highest BCUT2D eigenvalue weighted by atomic mass is 35.5. The minimum Gasteiger partial charge on any atom is -0.478 e. The van der Waals surface area contributed by atoms with Gasteiger partial charge in [0.25, 0.3) is 0 Å². The van der Waals surface area contributed by atoms with Crippen molar-refractivity contribution in [2.45, 2.75) is 0 Å². The number of hydrogen-bond acceptors (Lipinski definition) is 2. The van der Waals surface area contributed by atoms with Crippen LogP contribution in [0.25, 0.3) is 11.3 Å². The van der Waals surface area contributed by atoms with E-state index in [1.54, 1.807) is 18.2 Å². The molecule has 0 aliphatic rings. The summed E-state index contributed by atoms with van der Waals surface area (Å²) in [4.78, 5) is 14.8. The van der Waals surface area contributed by atoms with E-state index < -0.39 is 5.97 Å². The molecule has 2 rings (SSSR count). The van der Waals surface area contributed by atoms with Gasteiger partial charge in [-0.25, -0.2) is 4.79 Å². The largest absolute Gasteiger partial charge is 0.478 e. The Morgan fingerprint density at radius 1 is 1.18 bits per heavy atom. The summed E-state index contributed by atoms with van der Waals surface area (Å²) in [6.45, 7) is 0. The van der Waals surface area contributed by atoms with Crippen molar-refractivity contribution in [1.82, 2.24) is 4.98 Å². The van der Waals surface area contributed by atoms with Gasteiger partial charge in [0.1, 0.15) is 0 Å². The van der Waals surface area contributed by atoms with Crippen LogP contribution in [0.3, 0.4) is 0 Å². The molecule has 0 fully saturated rings. The van der Waals surface area contributed by atoms with Crippen LogP contribution in [0.5, 0.6) is 0 Å². The molecule has 0 saturated carbocycles. The van der Waals surface area contributed by atoms with Crippen LogP contribution >= 0.6 is 23.2 Å². The van der Waals surface area contributed by atoms with E-state index >= 15 is 0 Å². The number of carboxylic acid groups (broad SMARTS) is 1. The van der Waals surface area contributed by atoms with E-state index in [-0.39, 0.29) is 10.6 Å². The summed E-state index contributed by atoms with van der Waals surface area (Å²) in [7, 11) is 0. The Morgan fingerprint density at radius 2 is 1.88 bits per heavy atom. The first-order valence-electron chi connectivity index (χ1n) is 4.73. The van der Waals surface area contributed by atoms with Crippen LogP contribution in [0.4, 0.5) is 0 Å². The van der Waals surface area contributed by atoms with Crippen LogP contribution < -0.4 is 0 Å². The van der Waals surface area contributed by atoms with Crippen molar-refractivity contribution >= 4 is 29.2 Å². The molecule has 17 heavy (non-hydrogen) atoms. The van der Waals surface area contributed by atoms with Gasteiger partial charge >= 0.3 is 5.97 Å². The molecule has 0 aliphatic heterocycles. The van der Waals surface area contributed by atoms with Gasteiger partial charge in [0.2, 0.25) is 0 Å². The molecular formula is C12H7Cl2NO2. The summed E-state index contributed by atoms with van der Waals surface area (Å²) >= 11 is 12.0. The molecular weight excluding hydrogens is 261 g/mol. The average Bonchev–Trinajstić information content (AvgIpc) is 2.30. The number of pyridine rings is 1. The molecule has 0 aliphatic carbocycles. The number of halogens is 2. The molecule has 1 aromatic carbocycles. The van der Waals surface area contributed by atoms with Crippen molar-refractivity contribution in [3.63, 3.8) is 0 Å². The van der Waals surface area contributed by atoms with E-state index in [1.165, 1.54) is 12.3 Å². The van der Waals surface area contributed by atoms with Gasteiger partial charge in [0, 0.05) is 11.8 Å². The third-order valence-corrected chi connectivity index (χ3v) is 2.83. The molecule has 1 aromatic heterocycles. The van der Waals surface area contributed by atoms with Crippen LogP contribution in [0, 0.1) is 0 Å². The lowest BCUT2D eigenvalue weighted by Gasteiger charge is -2.06. The Bertz CT molecular complexity index is 584. The number of carbonyl (C=O) groups is 1. The van der Waals surface area contributed by atoms with Gasteiger partial charge in [0.05, 0.1) is 21.3 Å². The van der Waals surface area contributed by atoms with Crippen molar-refractivity contribution in [2.24, 2.45) is 0 Å². The van der Waals surface area contributed by atoms with E-state index in [1.807, 2.05) is 6.07 Å². The molecule has 0 spiro atoms. The lowest BCUT2D eigenvalue weighted by atomic mass is 10.1. The summed E-state index contributed by atoms with van der Waals surface area (Å²) in [5.74, 6) is -1.06. The number of aromatic nitrogens is 1. The maximum Gasteiger partial charge on any atom is 0.337 e. The molecule has 86 valence electrons. The van der Waals surface area contributed by atoms with Gasteiger partial charge in [-0.3, -0.25) is 4.98 Å². The number of hydrogen-bond donors (Lipinski definition) is 1. The quantitative estimate of drug-likeness (QED) is 0.902. The summed E-state index contributed by atoms with van der Waals surface area (Å²) in [6.07, 6.45) is 1.26. The highest BCUT2D eigenvalue weighted by Crippen LogP contribution is 2.31. The zero-order chi connectivity index (χ0) is 12.4. The van der Waals surface area contributed by atoms with Gasteiger partial charge in [-0.05, 0) is 12.1 Å². The summed E-state index contributed by atoms with van der Waals surface area (Å²) in [6, 6.07) is 8.46. The van der Waals surface area contributed by atoms with Crippen LogP contribution in [0.15, 0.2) is 36.5 Å². The zero-order valence-electron chi connectivity index (χ0n) is 8.52. The van der Waals surface area contributed by atoms with Gasteiger partial charge in [0.15, 0.2) is 0 Å². The third kappa shape index (κ3) is 2.40. The monoisotopic (exact) mass is 267 g/mol. The van der Waals surface area contributed by atoms with E-state index in [4.69, 9.17) is 28.3 Å². The number of aromatic carboxylic acids is 1. The normalized spacial score (nSPS) is 10.2. The zero-order valence-corrected chi connectivity index (χ0v) is 10.0. The van der Waals surface area contributed by atoms with Crippen molar-refractivity contribution in [3.8, 4) is 11.3 Å². The van der Waals surface area contributed by atoms with Crippen LogP contribution in [-0.2, 0) is 0 Å². The van der Waals surface area contributed by atoms with Crippen molar-refractivity contribution in [2.75, 3.05) is 0 Å². The fraction of sp³-hybridized carbons (Fsp3) is 0. The lowest BCUT2D eigenvalue weighted by Crippen LogP contribution is -1.98. The molecule has 0 unspecified atom stereocenters. The first-order chi connectivity index (χ1) is 8.09. The standard InChI is InChI=1S/C12H7Cl2NO2/c13-9-4-2-1-3-8(9)11-10(14)5-7(6-15-11)12(16)17/h1-6H,(H,16,17). The van der Waals surface area contributed by atoms with Crippen LogP contribution in [-0.4, -0.2) is 16.1 Å². The molecule has 0 atom stereocenters. The van der Waals surface area contributed by atoms with Gasteiger partial charge in [-0.1, -0.05) is 41.4 Å². The topological polar surface area (TPSA) is 50.2 Å². The van der Waals surface area contributed by atoms with E-state index in [2.05, 4.69) is 4.98 Å². The van der Waals surface area contributed by atoms with Gasteiger partial charge in [-0.15, -0.1) is 0 Å². The number of nitrogens with zero attached hydrogens (tertiary/aromatic N) is 1. The van der Waals surface area contributed by atoms with E-state index in [0.717, 1.165) is 0 Å². The first kappa shape index (κ1) is 11.9. The predicted octanol–water partition coefficient (Wildman–Crippen LogP) is 3.75. The highest BCUT2D eigenvalue weighted by molar-refractivity contribution is 6.36. The molecule has 5 heteroatoms. The Balaban J connectivity index is 2.55. The third-order valence-electron chi connectivity index (χ3n) is 2.22. The predicted molar refractivity (Wildman–Crippen MR) is 66.7 cm³/mol. The van der Waals surface area contributed by atoms with Crippen molar-refractivity contribution in [3.05, 3.63) is 52.1 Å². The maximum atomic E-state index is 10.7. The van der Waals surface area contributed by atoms with Crippen LogP contribution in [0.2, 0.25) is 10.0 Å². The average molecular weight is 268 g/mol. The Labute approximate surface area is 108 Å². The fourth-order valence-corrected chi connectivity index (χ4v) is 1.90. The Morgan fingerprint density at radius 3 is 2.47 bits per heavy atom. The molecule has 1 N–H and O–H groups in total. The second-order valence-electron chi connectivity index (χ2n) is 3.34. The minimum atomic E-state index is -1.06. The number of rotatable bonds is 2. The maximum absolute atomic E-state index is 10.7. The van der Waals surface area contributed by atoms with E-state index in [0.29, 0.717) is 16.3 Å². The molecule has 0 amide bonds. The van der Waals surface area contributed by atoms with Gasteiger partial charge < -0.3 is 5.11 Å². The Kier molecular flexibility index (Phi) is 3.31. The molecule has 0 radical (unpaired) electrons. The van der Waals surface area contributed by atoms with Gasteiger partial charge in [-0.2, -0.15) is 0 Å². The van der Waals surface area contributed by atoms with E-state index in [9.17, 15) is 4.79 Å². The summed E-state index contributed by atoms with van der Waals surface area (Å²) in [5.41, 5.74) is 1.20. The Hall–Kier alpha value is -1.58. The molecule has 0 bridgehead atoms. The lowest BCUT2D eigenvalue weighted by molar-refractivity contribution is 0.0696. The summed E-state index contributed by atoms with van der Waals surface area (Å²) in [5, 5.41) is 9.58. The minimum absolute atomic E-state index is 0.0470. The molecule has 3 nitrogen and oxygen atoms in total. The molecule has 2 aromatic rings. The second kappa shape index (κ2) is 4.73.